The highest BCUT2D eigenvalue weighted by atomic mass is 35.5. The van der Waals surface area contributed by atoms with E-state index in [1.165, 1.54) is 56.3 Å². The Balaban J connectivity index is 1.31. The van der Waals surface area contributed by atoms with Gasteiger partial charge >= 0.3 is 5.97 Å². The molecule has 0 radical (unpaired) electrons. The number of ether oxygens (including phenoxy) is 2. The number of thiazole rings is 1. The fraction of sp³-hybridized carbons (Fsp3) is 0.607. The van der Waals surface area contributed by atoms with Gasteiger partial charge in [-0.25, -0.2) is 9.78 Å². The molecule has 2 aromatic rings. The first kappa shape index (κ1) is 31.1. The average molecular weight is 602 g/mol. The van der Waals surface area contributed by atoms with Crippen LogP contribution in [0, 0.1) is 0 Å². The monoisotopic (exact) mass is 600 g/mol. The number of halogens is 2. The maximum Gasteiger partial charge on any atom is 0.357 e. The van der Waals surface area contributed by atoms with Crippen LogP contribution in [0.5, 0.6) is 5.75 Å². The maximum atomic E-state index is 12.4. The maximum absolute atomic E-state index is 12.4. The van der Waals surface area contributed by atoms with E-state index in [0.29, 0.717) is 53.4 Å². The summed E-state index contributed by atoms with van der Waals surface area (Å²) in [5.74, 6) is 1.05. The lowest BCUT2D eigenvalue weighted by molar-refractivity contribution is -0.129. The van der Waals surface area contributed by atoms with Gasteiger partial charge < -0.3 is 14.4 Å². The summed E-state index contributed by atoms with van der Waals surface area (Å²) >= 11 is 15.1. The summed E-state index contributed by atoms with van der Waals surface area (Å²) in [5, 5.41) is 2.77. The third kappa shape index (κ3) is 10.9. The lowest BCUT2D eigenvalue weighted by atomic mass is 10.1. The number of unbranched alkanes of at least 4 members (excludes halogenated alkanes) is 8. The zero-order valence-corrected chi connectivity index (χ0v) is 25.2. The Kier molecular flexibility index (Phi) is 14.1. The van der Waals surface area contributed by atoms with Gasteiger partial charge in [0.2, 0.25) is 5.91 Å². The zero-order valence-electron chi connectivity index (χ0n) is 22.1. The number of carbonyl (C=O) groups is 2. The molecule has 1 aromatic heterocycles. The third-order valence-corrected chi connectivity index (χ3v) is 8.90. The molecular weight excluding hydrogens is 563 g/mol. The van der Waals surface area contributed by atoms with E-state index in [9.17, 15) is 9.59 Å². The van der Waals surface area contributed by atoms with Crippen molar-refractivity contribution in [2.75, 3.05) is 25.5 Å². The van der Waals surface area contributed by atoms with E-state index in [2.05, 4.69) is 11.9 Å². The van der Waals surface area contributed by atoms with Crippen LogP contribution in [0.4, 0.5) is 0 Å². The number of esters is 1. The Bertz CT molecular complexity index is 1000. The van der Waals surface area contributed by atoms with Crippen molar-refractivity contribution in [2.24, 2.45) is 0 Å². The van der Waals surface area contributed by atoms with Crippen molar-refractivity contribution >= 4 is 58.2 Å². The first-order valence-corrected chi connectivity index (χ1v) is 16.2. The van der Waals surface area contributed by atoms with Crippen molar-refractivity contribution in [3.05, 3.63) is 39.3 Å². The highest BCUT2D eigenvalue weighted by molar-refractivity contribution is 8.01. The van der Waals surface area contributed by atoms with Gasteiger partial charge in [0.05, 0.1) is 12.6 Å². The van der Waals surface area contributed by atoms with Gasteiger partial charge in [-0.1, -0.05) is 93.3 Å². The van der Waals surface area contributed by atoms with Crippen molar-refractivity contribution in [1.29, 1.82) is 0 Å². The Labute approximate surface area is 244 Å². The second-order valence-electron chi connectivity index (χ2n) is 9.51. The first-order chi connectivity index (χ1) is 18.5. The van der Waals surface area contributed by atoms with Crippen molar-refractivity contribution in [1.82, 2.24) is 9.88 Å². The fourth-order valence-corrected chi connectivity index (χ4v) is 6.69. The fourth-order valence-electron chi connectivity index (χ4n) is 4.38. The van der Waals surface area contributed by atoms with Gasteiger partial charge in [0, 0.05) is 34.1 Å². The minimum absolute atomic E-state index is 0.00347. The van der Waals surface area contributed by atoms with E-state index in [4.69, 9.17) is 32.7 Å². The molecule has 2 heterocycles. The number of likely N-dealkylation sites (tertiary alicyclic amines) is 1. The molecule has 10 heteroatoms. The minimum atomic E-state index is -0.360. The van der Waals surface area contributed by atoms with E-state index in [1.807, 2.05) is 4.90 Å². The molecule has 6 nitrogen and oxygen atoms in total. The van der Waals surface area contributed by atoms with Crippen molar-refractivity contribution in [3.63, 3.8) is 0 Å². The van der Waals surface area contributed by atoms with Crippen LogP contribution in [0.2, 0.25) is 10.0 Å². The Morgan fingerprint density at radius 2 is 1.76 bits per heavy atom. The average Bonchev–Trinajstić information content (AvgIpc) is 3.50. The van der Waals surface area contributed by atoms with Gasteiger partial charge in [-0.05, 0) is 31.0 Å². The molecule has 1 fully saturated rings. The summed E-state index contributed by atoms with van der Waals surface area (Å²) in [4.78, 5) is 31.0. The van der Waals surface area contributed by atoms with E-state index in [-0.39, 0.29) is 17.9 Å². The molecular formula is C28H38Cl2N2O4S2. The largest absolute Gasteiger partial charge is 0.491 e. The van der Waals surface area contributed by atoms with Crippen LogP contribution in [-0.2, 0) is 9.53 Å². The van der Waals surface area contributed by atoms with Crippen LogP contribution in [0.15, 0.2) is 27.9 Å². The van der Waals surface area contributed by atoms with Crippen molar-refractivity contribution in [2.45, 2.75) is 87.9 Å². The number of benzene rings is 1. The molecule has 0 N–H and O–H groups in total. The Hall–Kier alpha value is -1.48. The normalized spacial score (nSPS) is 15.3. The van der Waals surface area contributed by atoms with Crippen LogP contribution in [0.3, 0.4) is 0 Å². The molecule has 3 rings (SSSR count). The van der Waals surface area contributed by atoms with Gasteiger partial charge in [0.1, 0.15) is 12.4 Å². The van der Waals surface area contributed by atoms with E-state index in [1.54, 1.807) is 35.3 Å². The first-order valence-electron chi connectivity index (χ1n) is 13.6. The number of nitrogens with zero attached hydrogens (tertiary/aromatic N) is 2. The molecule has 1 amide bonds. The molecule has 0 saturated carbocycles. The molecule has 0 bridgehead atoms. The summed E-state index contributed by atoms with van der Waals surface area (Å²) in [6, 6.07) is 5.09. The van der Waals surface area contributed by atoms with Crippen LogP contribution < -0.4 is 4.74 Å². The number of hydrogen-bond acceptors (Lipinski definition) is 7. The van der Waals surface area contributed by atoms with Crippen LogP contribution in [0.25, 0.3) is 0 Å². The molecule has 1 aromatic carbocycles. The van der Waals surface area contributed by atoms with Crippen LogP contribution >= 0.6 is 46.3 Å². The van der Waals surface area contributed by atoms with Gasteiger partial charge in [-0.3, -0.25) is 4.79 Å². The Morgan fingerprint density at radius 3 is 2.47 bits per heavy atom. The molecule has 1 aliphatic heterocycles. The summed E-state index contributed by atoms with van der Waals surface area (Å²) in [7, 11) is 0. The summed E-state index contributed by atoms with van der Waals surface area (Å²) in [6.45, 7) is 3.65. The molecule has 0 unspecified atom stereocenters. The van der Waals surface area contributed by atoms with Crippen molar-refractivity contribution in [3.8, 4) is 5.75 Å². The Morgan fingerprint density at radius 1 is 1.08 bits per heavy atom. The summed E-state index contributed by atoms with van der Waals surface area (Å²) < 4.78 is 12.1. The van der Waals surface area contributed by atoms with Gasteiger partial charge in [-0.2, -0.15) is 0 Å². The summed E-state index contributed by atoms with van der Waals surface area (Å²) in [6.07, 6.45) is 12.3. The molecule has 210 valence electrons. The third-order valence-electron chi connectivity index (χ3n) is 6.46. The number of thioether (sulfide) groups is 1. The highest BCUT2D eigenvalue weighted by Crippen LogP contribution is 2.27. The number of hydrogen-bond donors (Lipinski definition) is 0. The van der Waals surface area contributed by atoms with Crippen LogP contribution in [0.1, 0.15) is 88.0 Å². The smallest absolute Gasteiger partial charge is 0.357 e. The molecule has 38 heavy (non-hydrogen) atoms. The van der Waals surface area contributed by atoms with Gasteiger partial charge in [-0.15, -0.1) is 11.3 Å². The zero-order chi connectivity index (χ0) is 27.2. The SMILES string of the molecule is CCCCCCCCCCCOC(=O)c1csc(SCCN2C(=O)CC[C@@H]2COc2cc(Cl)cc(Cl)c2)n1. The lowest BCUT2D eigenvalue weighted by Crippen LogP contribution is -2.38. The standard InChI is InChI=1S/C28H38Cl2N2O4S2/c1-2-3-4-5-6-7-8-9-10-14-35-27(34)25-20-38-28(31-25)37-15-13-32-23(11-12-26(32)33)19-36-24-17-21(29)16-22(30)18-24/h16-18,20,23H,2-15,19H2,1H3/t23-/m1/s1. The van der Waals surface area contributed by atoms with Crippen molar-refractivity contribution < 1.29 is 19.1 Å². The van der Waals surface area contributed by atoms with E-state index in [0.717, 1.165) is 23.6 Å². The second kappa shape index (κ2) is 17.3. The van der Waals surface area contributed by atoms with Gasteiger partial charge in [0.25, 0.3) is 0 Å². The van der Waals surface area contributed by atoms with Crippen LogP contribution in [-0.4, -0.2) is 53.3 Å². The number of rotatable bonds is 18. The highest BCUT2D eigenvalue weighted by Gasteiger charge is 2.31. The molecule has 0 spiro atoms. The number of aromatic nitrogens is 1. The molecule has 1 aliphatic rings. The number of amides is 1. The lowest BCUT2D eigenvalue weighted by Gasteiger charge is -2.24. The minimum Gasteiger partial charge on any atom is -0.491 e. The van der Waals surface area contributed by atoms with E-state index >= 15 is 0 Å². The second-order valence-corrected chi connectivity index (χ2v) is 12.6. The molecule has 0 aliphatic carbocycles. The predicted octanol–water partition coefficient (Wildman–Crippen LogP) is 8.30. The summed E-state index contributed by atoms with van der Waals surface area (Å²) in [5.41, 5.74) is 0.358. The molecule has 1 atom stereocenters. The van der Waals surface area contributed by atoms with E-state index < -0.39 is 0 Å². The van der Waals surface area contributed by atoms with Gasteiger partial charge in [0.15, 0.2) is 10.0 Å². The topological polar surface area (TPSA) is 68.7 Å². The predicted molar refractivity (Wildman–Crippen MR) is 157 cm³/mol. The number of carbonyl (C=O) groups excluding carboxylic acids is 2. The quantitative estimate of drug-likeness (QED) is 0.0973. The molecule has 1 saturated heterocycles.